The van der Waals surface area contributed by atoms with Crippen LogP contribution >= 0.6 is 11.3 Å². The molecule has 5 atom stereocenters. The van der Waals surface area contributed by atoms with Crippen molar-refractivity contribution in [3.63, 3.8) is 0 Å². The van der Waals surface area contributed by atoms with E-state index in [1.54, 1.807) is 17.4 Å². The molecule has 1 amide bonds. The number of hydrogen-bond donors (Lipinski definition) is 1. The van der Waals surface area contributed by atoms with E-state index in [0.29, 0.717) is 35.5 Å². The number of carbonyl (C=O) groups is 2. The van der Waals surface area contributed by atoms with Crippen LogP contribution in [0.15, 0.2) is 30.3 Å². The summed E-state index contributed by atoms with van der Waals surface area (Å²) < 4.78 is 26.3. The fourth-order valence-corrected chi connectivity index (χ4v) is 5.90. The molecule has 9 heteroatoms. The first-order chi connectivity index (χ1) is 14.7. The number of hydrogen-bond acceptors (Lipinski definition) is 6. The summed E-state index contributed by atoms with van der Waals surface area (Å²) in [5.74, 6) is -0.331. The predicted molar refractivity (Wildman–Crippen MR) is 112 cm³/mol. The molecule has 1 N–H and O–H groups in total. The van der Waals surface area contributed by atoms with Crippen LogP contribution in [0.5, 0.6) is 0 Å². The van der Waals surface area contributed by atoms with Crippen molar-refractivity contribution in [1.82, 2.24) is 0 Å². The smallest absolute Gasteiger partial charge is 0.411 e. The molecule has 0 spiro atoms. The largest absolute Gasteiger partial charge is 0.554 e. The number of carboxylic acid groups (broad SMARTS) is 1. The van der Waals surface area contributed by atoms with Gasteiger partial charge in [0.2, 0.25) is 0 Å². The number of aryl methyl sites for hydroxylation is 1. The molecule has 1 aromatic heterocycles. The Bertz CT molecular complexity index is 974. The summed E-state index contributed by atoms with van der Waals surface area (Å²) in [4.78, 5) is 22.9. The van der Waals surface area contributed by atoms with E-state index in [4.69, 9.17) is 19.4 Å². The number of thiophene rings is 1. The van der Waals surface area contributed by atoms with Crippen molar-refractivity contribution >= 4 is 29.6 Å². The minimum atomic E-state index is -0.500. The lowest BCUT2D eigenvalue weighted by Gasteiger charge is -2.45. The number of ether oxygens (including phenoxy) is 2. The molecule has 0 radical (unpaired) electrons. The summed E-state index contributed by atoms with van der Waals surface area (Å²) in [5.41, 5.74) is 1.24. The molecule has 31 heavy (non-hydrogen) atoms. The van der Waals surface area contributed by atoms with Gasteiger partial charge in [0.15, 0.2) is 0 Å². The maximum Gasteiger partial charge on any atom is 0.411 e. The van der Waals surface area contributed by atoms with Gasteiger partial charge in [-0.2, -0.15) is 0 Å². The van der Waals surface area contributed by atoms with Crippen LogP contribution in [0.3, 0.4) is 0 Å². The van der Waals surface area contributed by atoms with Gasteiger partial charge in [0.25, 0.3) is 0 Å². The second kappa shape index (κ2) is 8.22. The van der Waals surface area contributed by atoms with Crippen molar-refractivity contribution in [3.05, 3.63) is 41.0 Å². The Morgan fingerprint density at radius 2 is 1.90 bits per heavy atom. The van der Waals surface area contributed by atoms with Gasteiger partial charge in [-0.05, 0) is 37.3 Å². The van der Waals surface area contributed by atoms with Crippen molar-refractivity contribution in [2.24, 2.45) is 0 Å². The first-order valence-electron chi connectivity index (χ1n) is 10.1. The Labute approximate surface area is 184 Å². The highest BCUT2D eigenvalue weighted by molar-refractivity contribution is 7.15. The molecule has 7 nitrogen and oxygen atoms in total. The molecule has 1 aromatic carbocycles. The van der Waals surface area contributed by atoms with Gasteiger partial charge >= 0.3 is 6.09 Å². The van der Waals surface area contributed by atoms with Gasteiger partial charge in [-0.25, -0.2) is 9.18 Å². The minimum Gasteiger partial charge on any atom is -0.554 e. The van der Waals surface area contributed by atoms with Crippen LogP contribution in [-0.4, -0.2) is 61.5 Å². The van der Waals surface area contributed by atoms with Crippen LogP contribution in [0.25, 0.3) is 10.4 Å². The quantitative estimate of drug-likeness (QED) is 0.443. The highest BCUT2D eigenvalue weighted by Crippen LogP contribution is 2.51. The number of rotatable bonds is 3. The molecule has 4 heterocycles. The summed E-state index contributed by atoms with van der Waals surface area (Å²) in [6.45, 7) is 1.50. The van der Waals surface area contributed by atoms with E-state index in [1.165, 1.54) is 12.1 Å². The van der Waals surface area contributed by atoms with Crippen LogP contribution < -0.4 is 10.4 Å². The number of quaternary nitrogens is 1. The average Bonchev–Trinajstić information content (AvgIpc) is 3.34. The Morgan fingerprint density at radius 3 is 2.48 bits per heavy atom. The van der Waals surface area contributed by atoms with Gasteiger partial charge < -0.3 is 23.9 Å². The second-order valence-electron chi connectivity index (χ2n) is 8.65. The molecule has 3 aliphatic heterocycles. The van der Waals surface area contributed by atoms with Gasteiger partial charge in [-0.3, -0.25) is 5.32 Å². The van der Waals surface area contributed by atoms with Gasteiger partial charge in [0.05, 0.1) is 19.8 Å². The highest BCUT2D eigenvalue weighted by atomic mass is 32.1. The average molecular weight is 449 g/mol. The maximum atomic E-state index is 13.8. The Kier molecular flexibility index (Phi) is 5.76. The first-order valence-corrected chi connectivity index (χ1v) is 10.9. The third kappa shape index (κ3) is 4.17. The Morgan fingerprint density at radius 1 is 1.26 bits per heavy atom. The molecule has 3 fully saturated rings. The van der Waals surface area contributed by atoms with Crippen LogP contribution in [0.2, 0.25) is 0 Å². The van der Waals surface area contributed by atoms with Gasteiger partial charge in [0.1, 0.15) is 36.2 Å². The lowest BCUT2D eigenvalue weighted by Crippen LogP contribution is -2.60. The Balaban J connectivity index is 0.000000730. The zero-order valence-electron chi connectivity index (χ0n) is 17.5. The van der Waals surface area contributed by atoms with E-state index in [1.807, 2.05) is 19.1 Å². The summed E-state index contributed by atoms with van der Waals surface area (Å²) in [6.07, 6.45) is 1.69. The molecule has 2 bridgehead atoms. The second-order valence-corrected chi connectivity index (χ2v) is 9.94. The topological polar surface area (TPSA) is 91.0 Å². The van der Waals surface area contributed by atoms with Crippen molar-refractivity contribution < 1.29 is 33.0 Å². The summed E-state index contributed by atoms with van der Waals surface area (Å²) in [5, 5.41) is 11.1. The number of fused-ring (bicyclic) bond motifs is 5. The number of carbonyl (C=O) groups excluding carboxylic acids is 2. The number of morpholine rings is 1. The SMILES string of the molecule is Cc1ccc(-c2cc(F)ccc2NC(=O)OC2C[C@@H]3[C@H]4O[C@H]4[C@H](C2)[N+]3(C)C)s1.O=C[O-]. The minimum absolute atomic E-state index is 0.106. The van der Waals surface area contributed by atoms with E-state index in [0.717, 1.165) is 27.1 Å². The van der Waals surface area contributed by atoms with Crippen molar-refractivity contribution in [2.45, 2.75) is 50.2 Å². The van der Waals surface area contributed by atoms with Gasteiger partial charge in [-0.1, -0.05) is 0 Å². The lowest BCUT2D eigenvalue weighted by atomic mass is 9.96. The molecule has 166 valence electrons. The van der Waals surface area contributed by atoms with E-state index in [-0.39, 0.29) is 11.9 Å². The van der Waals surface area contributed by atoms with Gasteiger partial charge in [0, 0.05) is 34.6 Å². The molecule has 1 unspecified atom stereocenters. The number of nitrogens with zero attached hydrogens (tertiary/aromatic N) is 1. The number of likely N-dealkylation sites (N-methyl/N-ethyl adjacent to an activating group) is 1. The van der Waals surface area contributed by atoms with E-state index >= 15 is 0 Å². The highest BCUT2D eigenvalue weighted by Gasteiger charge is 2.70. The van der Waals surface area contributed by atoms with Gasteiger partial charge in [-0.15, -0.1) is 11.3 Å². The van der Waals surface area contributed by atoms with Crippen LogP contribution in [0.4, 0.5) is 14.9 Å². The summed E-state index contributed by atoms with van der Waals surface area (Å²) in [7, 11) is 4.49. The normalized spacial score (nSPS) is 29.2. The lowest BCUT2D eigenvalue weighted by molar-refractivity contribution is -0.938. The van der Waals surface area contributed by atoms with Crippen LogP contribution in [-0.2, 0) is 14.3 Å². The molecule has 0 saturated carbocycles. The van der Waals surface area contributed by atoms with Crippen LogP contribution in [0, 0.1) is 12.7 Å². The molecule has 0 aliphatic carbocycles. The number of epoxide rings is 1. The zero-order chi connectivity index (χ0) is 22.3. The number of benzene rings is 1. The van der Waals surface area contributed by atoms with Crippen LogP contribution in [0.1, 0.15) is 17.7 Å². The number of nitrogens with one attached hydrogen (secondary N) is 1. The summed E-state index contributed by atoms with van der Waals surface area (Å²) >= 11 is 1.57. The van der Waals surface area contributed by atoms with E-state index in [2.05, 4.69) is 19.4 Å². The fraction of sp³-hybridized carbons (Fsp3) is 0.455. The fourth-order valence-electron chi connectivity index (χ4n) is 5.00. The molecule has 3 saturated heterocycles. The van der Waals surface area contributed by atoms with Crippen molar-refractivity contribution in [1.29, 1.82) is 0 Å². The van der Waals surface area contributed by atoms with E-state index in [9.17, 15) is 9.18 Å². The van der Waals surface area contributed by atoms with E-state index < -0.39 is 12.6 Å². The first kappa shape index (κ1) is 21.7. The van der Waals surface area contributed by atoms with Crippen molar-refractivity contribution in [2.75, 3.05) is 19.4 Å². The predicted octanol–water partition coefficient (Wildman–Crippen LogP) is 2.53. The molecular weight excluding hydrogens is 423 g/mol. The number of halogens is 1. The molecule has 2 aromatic rings. The maximum absolute atomic E-state index is 13.8. The monoisotopic (exact) mass is 448 g/mol. The number of anilines is 1. The third-order valence-electron chi connectivity index (χ3n) is 6.54. The molecule has 3 aliphatic rings. The zero-order valence-corrected chi connectivity index (χ0v) is 18.4. The van der Waals surface area contributed by atoms with Crippen molar-refractivity contribution in [3.8, 4) is 10.4 Å². The summed E-state index contributed by atoms with van der Waals surface area (Å²) in [6, 6.07) is 9.09. The Hall–Kier alpha value is -2.49. The third-order valence-corrected chi connectivity index (χ3v) is 7.57. The number of amides is 1. The standard InChI is InChI=1S/C21H23FN2O3S.CH2O2/c1-11-4-7-18(28-11)14-8-12(22)5-6-15(14)23-21(25)26-13-9-16-19-20(27-19)17(10-13)24(16,2)3;2-1-3/h4-8,13,16-17,19-20H,9-10H2,1-3H3;1H,(H,2,3)/t13?,16-,17+,19-,20+;. The molecular formula is C22H25FN2O5S. The number of piperidine rings is 1. The molecule has 5 rings (SSSR count).